The lowest BCUT2D eigenvalue weighted by Crippen LogP contribution is -2.52. The van der Waals surface area contributed by atoms with E-state index >= 15 is 0 Å². The van der Waals surface area contributed by atoms with Gasteiger partial charge in [0, 0.05) is 24.8 Å². The highest BCUT2D eigenvalue weighted by Crippen LogP contribution is 2.34. The van der Waals surface area contributed by atoms with E-state index in [9.17, 15) is 0 Å². The fourth-order valence-corrected chi connectivity index (χ4v) is 3.24. The highest BCUT2D eigenvalue weighted by Gasteiger charge is 2.34. The van der Waals surface area contributed by atoms with Crippen molar-refractivity contribution in [3.05, 3.63) is 28.8 Å². The average Bonchev–Trinajstić information content (AvgIpc) is 2.21. The normalized spacial score (nSPS) is 23.2. The molecular formula is C16H26N2. The summed E-state index contributed by atoms with van der Waals surface area (Å²) in [6.07, 6.45) is 1.08. The molecule has 1 unspecified atom stereocenters. The zero-order valence-electron chi connectivity index (χ0n) is 12.4. The summed E-state index contributed by atoms with van der Waals surface area (Å²) in [5.41, 5.74) is 12.0. The van der Waals surface area contributed by atoms with Gasteiger partial charge in [-0.2, -0.15) is 0 Å². The average molecular weight is 246 g/mol. The summed E-state index contributed by atoms with van der Waals surface area (Å²) >= 11 is 0. The second kappa shape index (κ2) is 4.58. The third-order valence-electron chi connectivity index (χ3n) is 4.26. The maximum absolute atomic E-state index is 6.23. The highest BCUT2D eigenvalue weighted by atomic mass is 15.2. The smallest absolute Gasteiger partial charge is 0.0426 e. The highest BCUT2D eigenvalue weighted by molar-refractivity contribution is 5.60. The Labute approximate surface area is 111 Å². The fourth-order valence-electron chi connectivity index (χ4n) is 3.24. The number of nitrogens with zero attached hydrogens (tertiary/aromatic N) is 1. The van der Waals surface area contributed by atoms with Crippen LogP contribution in [-0.4, -0.2) is 19.1 Å². The van der Waals surface area contributed by atoms with Crippen LogP contribution in [0.4, 0.5) is 5.69 Å². The fraction of sp³-hybridized carbons (Fsp3) is 0.625. The Kier molecular flexibility index (Phi) is 3.41. The molecule has 2 rings (SSSR count). The molecule has 1 aliphatic rings. The zero-order chi connectivity index (χ0) is 13.5. The molecule has 2 N–H and O–H groups in total. The van der Waals surface area contributed by atoms with Crippen molar-refractivity contribution in [3.8, 4) is 0 Å². The Hall–Kier alpha value is -1.02. The molecule has 1 atom stereocenters. The maximum atomic E-state index is 6.23. The van der Waals surface area contributed by atoms with Gasteiger partial charge in [-0.25, -0.2) is 0 Å². The monoisotopic (exact) mass is 246 g/mol. The van der Waals surface area contributed by atoms with Gasteiger partial charge in [0.05, 0.1) is 0 Å². The predicted molar refractivity (Wildman–Crippen MR) is 79.2 cm³/mol. The summed E-state index contributed by atoms with van der Waals surface area (Å²) in [6.45, 7) is 13.3. The van der Waals surface area contributed by atoms with Gasteiger partial charge >= 0.3 is 0 Å². The van der Waals surface area contributed by atoms with E-state index in [1.165, 1.54) is 22.4 Å². The summed E-state index contributed by atoms with van der Waals surface area (Å²) < 4.78 is 0. The van der Waals surface area contributed by atoms with Crippen molar-refractivity contribution >= 4 is 5.69 Å². The van der Waals surface area contributed by atoms with Crippen molar-refractivity contribution in [1.29, 1.82) is 0 Å². The molecule has 0 aliphatic carbocycles. The number of benzene rings is 1. The van der Waals surface area contributed by atoms with Gasteiger partial charge in [-0.05, 0) is 43.7 Å². The molecule has 1 saturated heterocycles. The molecule has 0 amide bonds. The number of hydrogen-bond acceptors (Lipinski definition) is 2. The van der Waals surface area contributed by atoms with Crippen LogP contribution in [0.5, 0.6) is 0 Å². The van der Waals surface area contributed by atoms with E-state index < -0.39 is 0 Å². The van der Waals surface area contributed by atoms with Crippen LogP contribution in [0, 0.1) is 26.2 Å². The van der Waals surface area contributed by atoms with Crippen LogP contribution in [0.1, 0.15) is 37.0 Å². The molecule has 2 nitrogen and oxygen atoms in total. The van der Waals surface area contributed by atoms with Gasteiger partial charge in [-0.15, -0.1) is 0 Å². The largest absolute Gasteiger partial charge is 0.370 e. The van der Waals surface area contributed by atoms with E-state index in [0.717, 1.165) is 19.5 Å². The zero-order valence-corrected chi connectivity index (χ0v) is 12.4. The lowest BCUT2D eigenvalue weighted by Gasteiger charge is -2.44. The lowest BCUT2D eigenvalue weighted by atomic mass is 9.79. The molecule has 1 aromatic rings. The Morgan fingerprint density at radius 3 is 2.22 bits per heavy atom. The van der Waals surface area contributed by atoms with E-state index in [0.29, 0.717) is 6.04 Å². The van der Waals surface area contributed by atoms with E-state index in [4.69, 9.17) is 5.73 Å². The Balaban J connectivity index is 2.33. The topological polar surface area (TPSA) is 29.3 Å². The number of piperidine rings is 1. The first-order valence-electron chi connectivity index (χ1n) is 6.89. The number of aryl methyl sites for hydroxylation is 3. The Bertz CT molecular complexity index is 425. The first-order valence-corrected chi connectivity index (χ1v) is 6.89. The minimum Gasteiger partial charge on any atom is -0.370 e. The van der Waals surface area contributed by atoms with E-state index in [2.05, 4.69) is 51.7 Å². The second-order valence-corrected chi connectivity index (χ2v) is 6.55. The standard InChI is InChI=1S/C16H26N2/c1-11-8-12(2)15(13(3)9-11)18-7-6-14(17)16(4,5)10-18/h8-9,14H,6-7,10,17H2,1-5H3. The van der Waals surface area contributed by atoms with Crippen LogP contribution in [0.15, 0.2) is 12.1 Å². The molecule has 0 aromatic heterocycles. The third kappa shape index (κ3) is 2.39. The molecular weight excluding hydrogens is 220 g/mol. The van der Waals surface area contributed by atoms with E-state index in [-0.39, 0.29) is 5.41 Å². The summed E-state index contributed by atoms with van der Waals surface area (Å²) in [5, 5.41) is 0. The molecule has 0 spiro atoms. The molecule has 0 saturated carbocycles. The van der Waals surface area contributed by atoms with Crippen LogP contribution in [-0.2, 0) is 0 Å². The van der Waals surface area contributed by atoms with Gasteiger partial charge in [-0.1, -0.05) is 31.5 Å². The summed E-state index contributed by atoms with van der Waals surface area (Å²) in [4.78, 5) is 2.52. The Morgan fingerprint density at radius 1 is 1.17 bits per heavy atom. The van der Waals surface area contributed by atoms with Gasteiger partial charge in [0.2, 0.25) is 0 Å². The molecule has 100 valence electrons. The third-order valence-corrected chi connectivity index (χ3v) is 4.26. The van der Waals surface area contributed by atoms with Gasteiger partial charge in [0.15, 0.2) is 0 Å². The van der Waals surface area contributed by atoms with Crippen molar-refractivity contribution in [2.24, 2.45) is 11.1 Å². The van der Waals surface area contributed by atoms with Crippen LogP contribution >= 0.6 is 0 Å². The van der Waals surface area contributed by atoms with Crippen molar-refractivity contribution in [3.63, 3.8) is 0 Å². The maximum Gasteiger partial charge on any atom is 0.0426 e. The van der Waals surface area contributed by atoms with Gasteiger partial charge < -0.3 is 10.6 Å². The van der Waals surface area contributed by atoms with Crippen LogP contribution in [0.25, 0.3) is 0 Å². The Morgan fingerprint density at radius 2 is 1.72 bits per heavy atom. The summed E-state index contributed by atoms with van der Waals surface area (Å²) in [5.74, 6) is 0. The minimum absolute atomic E-state index is 0.196. The van der Waals surface area contributed by atoms with Crippen molar-refractivity contribution in [1.82, 2.24) is 0 Å². The molecule has 0 radical (unpaired) electrons. The first kappa shape index (κ1) is 13.4. The number of nitrogens with two attached hydrogens (primary N) is 1. The quantitative estimate of drug-likeness (QED) is 0.824. The molecule has 1 heterocycles. The molecule has 0 bridgehead atoms. The molecule has 1 aliphatic heterocycles. The molecule has 1 aromatic carbocycles. The molecule has 1 fully saturated rings. The van der Waals surface area contributed by atoms with Crippen LogP contribution in [0.2, 0.25) is 0 Å². The molecule has 2 heteroatoms. The van der Waals surface area contributed by atoms with Crippen LogP contribution in [0.3, 0.4) is 0 Å². The van der Waals surface area contributed by atoms with E-state index in [1.807, 2.05) is 0 Å². The SMILES string of the molecule is Cc1cc(C)c(N2CCC(N)C(C)(C)C2)c(C)c1. The number of hydrogen-bond donors (Lipinski definition) is 1. The first-order chi connectivity index (χ1) is 8.31. The predicted octanol–water partition coefficient (Wildman–Crippen LogP) is 3.18. The summed E-state index contributed by atoms with van der Waals surface area (Å²) in [7, 11) is 0. The van der Waals surface area contributed by atoms with Crippen molar-refractivity contribution < 1.29 is 0 Å². The van der Waals surface area contributed by atoms with E-state index in [1.54, 1.807) is 0 Å². The minimum atomic E-state index is 0.196. The lowest BCUT2D eigenvalue weighted by molar-refractivity contribution is 0.245. The van der Waals surface area contributed by atoms with Crippen molar-refractivity contribution in [2.45, 2.75) is 47.1 Å². The van der Waals surface area contributed by atoms with Gasteiger partial charge in [0.25, 0.3) is 0 Å². The summed E-state index contributed by atoms with van der Waals surface area (Å²) in [6, 6.07) is 4.88. The van der Waals surface area contributed by atoms with Crippen LogP contribution < -0.4 is 10.6 Å². The van der Waals surface area contributed by atoms with Crippen molar-refractivity contribution in [2.75, 3.05) is 18.0 Å². The number of anilines is 1. The molecule has 18 heavy (non-hydrogen) atoms. The van der Waals surface area contributed by atoms with Gasteiger partial charge in [0.1, 0.15) is 0 Å². The second-order valence-electron chi connectivity index (χ2n) is 6.55. The van der Waals surface area contributed by atoms with Gasteiger partial charge in [-0.3, -0.25) is 0 Å². The number of rotatable bonds is 1.